The van der Waals surface area contributed by atoms with Crippen molar-refractivity contribution in [2.24, 2.45) is 0 Å². The summed E-state index contributed by atoms with van der Waals surface area (Å²) in [4.78, 5) is 13.9. The van der Waals surface area contributed by atoms with Crippen LogP contribution in [0.3, 0.4) is 0 Å². The number of nitrogen functional groups attached to an aromatic ring is 1. The van der Waals surface area contributed by atoms with Crippen LogP contribution in [-0.2, 0) is 13.0 Å². The maximum absolute atomic E-state index is 5.95. The number of terminal acetylenes is 1. The molecule has 0 saturated carbocycles. The summed E-state index contributed by atoms with van der Waals surface area (Å²) in [7, 11) is 0. The first-order valence-electron chi connectivity index (χ1n) is 7.91. The second-order valence-corrected chi connectivity index (χ2v) is 6.64. The first kappa shape index (κ1) is 15.8. The van der Waals surface area contributed by atoms with Crippen LogP contribution in [0.15, 0.2) is 28.5 Å². The van der Waals surface area contributed by atoms with E-state index in [0.29, 0.717) is 36.6 Å². The number of hydrogen-bond donors (Lipinski definition) is 1. The molecule has 1 aromatic carbocycles. The van der Waals surface area contributed by atoms with Crippen molar-refractivity contribution in [2.45, 2.75) is 29.4 Å². The Labute approximate surface area is 149 Å². The fourth-order valence-corrected chi connectivity index (χ4v) is 3.89. The topological polar surface area (TPSA) is 78.9 Å². The summed E-state index contributed by atoms with van der Waals surface area (Å²) >= 11 is 1.48. The van der Waals surface area contributed by atoms with Crippen LogP contribution in [0.2, 0.25) is 0 Å². The first-order chi connectivity index (χ1) is 12.2. The second-order valence-electron chi connectivity index (χ2n) is 5.63. The van der Waals surface area contributed by atoms with Gasteiger partial charge in [-0.2, -0.15) is 0 Å². The molecule has 1 radical (unpaired) electrons. The van der Waals surface area contributed by atoms with E-state index in [2.05, 4.69) is 27.8 Å². The average molecular weight is 350 g/mol. The van der Waals surface area contributed by atoms with Gasteiger partial charge < -0.3 is 15.0 Å². The van der Waals surface area contributed by atoms with Gasteiger partial charge in [-0.15, -0.1) is 6.42 Å². The van der Waals surface area contributed by atoms with E-state index in [1.54, 1.807) is 0 Å². The van der Waals surface area contributed by atoms with Crippen molar-refractivity contribution in [1.82, 2.24) is 19.5 Å². The van der Waals surface area contributed by atoms with Crippen LogP contribution < -0.4 is 10.5 Å². The number of rotatable bonds is 4. The van der Waals surface area contributed by atoms with Gasteiger partial charge in [0.05, 0.1) is 6.61 Å². The molecule has 0 bridgehead atoms. The smallest absolute Gasteiger partial charge is 0.175 e. The second kappa shape index (κ2) is 6.30. The molecular formula is C18H16N5OS. The minimum atomic E-state index is 0.365. The standard InChI is InChI=1S/C18H16N5OS/c1-3-6-23-17-15(16(19)20-10-21-17)22-18(23)25-14-9-13-12(5-7-24-13)8-11(14)4-2/h2,8-10H,1,3,5-7H2,(H2,19,20,21). The molecule has 2 N–H and O–H groups in total. The lowest BCUT2D eigenvalue weighted by Gasteiger charge is -2.09. The highest BCUT2D eigenvalue weighted by Gasteiger charge is 2.20. The van der Waals surface area contributed by atoms with Crippen LogP contribution in [0.5, 0.6) is 5.75 Å². The molecule has 6 nitrogen and oxygen atoms in total. The Morgan fingerprint density at radius 2 is 2.28 bits per heavy atom. The number of aryl methyl sites for hydroxylation is 1. The van der Waals surface area contributed by atoms with Gasteiger partial charge in [-0.25, -0.2) is 15.0 Å². The number of aromatic nitrogens is 4. The number of nitrogens with zero attached hydrogens (tertiary/aromatic N) is 4. The minimum Gasteiger partial charge on any atom is -0.493 e. The molecule has 1 aliphatic heterocycles. The van der Waals surface area contributed by atoms with Crippen molar-refractivity contribution in [3.8, 4) is 18.1 Å². The van der Waals surface area contributed by atoms with Gasteiger partial charge in [-0.05, 0) is 24.1 Å². The van der Waals surface area contributed by atoms with Crippen molar-refractivity contribution in [3.05, 3.63) is 36.5 Å². The predicted molar refractivity (Wildman–Crippen MR) is 97.4 cm³/mol. The molecule has 0 spiro atoms. The molecule has 125 valence electrons. The van der Waals surface area contributed by atoms with Crippen LogP contribution in [0.1, 0.15) is 17.5 Å². The largest absolute Gasteiger partial charge is 0.493 e. The van der Waals surface area contributed by atoms with Crippen molar-refractivity contribution in [1.29, 1.82) is 0 Å². The van der Waals surface area contributed by atoms with Gasteiger partial charge in [0.1, 0.15) is 12.1 Å². The number of nitrogens with two attached hydrogens (primary N) is 1. The summed E-state index contributed by atoms with van der Waals surface area (Å²) in [5.74, 6) is 4.02. The van der Waals surface area contributed by atoms with Gasteiger partial charge in [-0.3, -0.25) is 0 Å². The first-order valence-corrected chi connectivity index (χ1v) is 8.73. The van der Waals surface area contributed by atoms with E-state index in [9.17, 15) is 0 Å². The van der Waals surface area contributed by atoms with E-state index in [4.69, 9.17) is 16.9 Å². The average Bonchev–Trinajstić information content (AvgIpc) is 3.20. The SMILES string of the molecule is C#Cc1cc2c(cc1Sc1nc3c(N)ncnc3n1CC[CH2])OCC2. The lowest BCUT2D eigenvalue weighted by molar-refractivity contribution is 0.356. The quantitative estimate of drug-likeness (QED) is 0.729. The summed E-state index contributed by atoms with van der Waals surface area (Å²) in [6.45, 7) is 5.31. The third kappa shape index (κ3) is 2.68. The molecule has 4 rings (SSSR count). The highest BCUT2D eigenvalue weighted by molar-refractivity contribution is 7.99. The number of anilines is 1. The Morgan fingerprint density at radius 1 is 1.40 bits per heavy atom. The fourth-order valence-electron chi connectivity index (χ4n) is 2.87. The number of imidazole rings is 1. The molecule has 0 fully saturated rings. The van der Waals surface area contributed by atoms with E-state index in [0.717, 1.165) is 33.3 Å². The normalized spacial score (nSPS) is 12.8. The summed E-state index contributed by atoms with van der Waals surface area (Å²) in [5.41, 5.74) is 9.24. The third-order valence-corrected chi connectivity index (χ3v) is 5.11. The van der Waals surface area contributed by atoms with E-state index >= 15 is 0 Å². The summed E-state index contributed by atoms with van der Waals surface area (Å²) < 4.78 is 7.67. The van der Waals surface area contributed by atoms with Crippen LogP contribution in [-0.4, -0.2) is 26.1 Å². The Balaban J connectivity index is 1.82. The predicted octanol–water partition coefficient (Wildman–Crippen LogP) is 2.70. The number of ether oxygens (including phenoxy) is 1. The monoisotopic (exact) mass is 350 g/mol. The third-order valence-electron chi connectivity index (χ3n) is 4.06. The Bertz CT molecular complexity index is 1000. The van der Waals surface area contributed by atoms with Gasteiger partial charge in [-0.1, -0.05) is 24.6 Å². The zero-order chi connectivity index (χ0) is 17.4. The highest BCUT2D eigenvalue weighted by Crippen LogP contribution is 2.38. The molecule has 0 atom stereocenters. The highest BCUT2D eigenvalue weighted by atomic mass is 32.2. The van der Waals surface area contributed by atoms with Crippen molar-refractivity contribution >= 4 is 28.7 Å². The van der Waals surface area contributed by atoms with Crippen molar-refractivity contribution in [3.63, 3.8) is 0 Å². The Hall–Kier alpha value is -2.72. The molecule has 3 heterocycles. The maximum Gasteiger partial charge on any atom is 0.175 e. The maximum atomic E-state index is 5.95. The van der Waals surface area contributed by atoms with E-state index < -0.39 is 0 Å². The Kier molecular flexibility index (Phi) is 3.98. The van der Waals surface area contributed by atoms with Gasteiger partial charge in [0.15, 0.2) is 22.1 Å². The van der Waals surface area contributed by atoms with Gasteiger partial charge >= 0.3 is 0 Å². The zero-order valence-electron chi connectivity index (χ0n) is 13.5. The van der Waals surface area contributed by atoms with Crippen LogP contribution >= 0.6 is 11.8 Å². The van der Waals surface area contributed by atoms with Gasteiger partial charge in [0.25, 0.3) is 0 Å². The summed E-state index contributed by atoms with van der Waals surface area (Å²) in [5, 5.41) is 0.764. The molecule has 0 unspecified atom stereocenters. The van der Waals surface area contributed by atoms with Crippen LogP contribution in [0, 0.1) is 19.3 Å². The molecule has 25 heavy (non-hydrogen) atoms. The Morgan fingerprint density at radius 3 is 3.08 bits per heavy atom. The van der Waals surface area contributed by atoms with Crippen molar-refractivity contribution < 1.29 is 4.74 Å². The van der Waals surface area contributed by atoms with E-state index in [1.807, 2.05) is 16.7 Å². The zero-order valence-corrected chi connectivity index (χ0v) is 14.3. The molecule has 0 aliphatic carbocycles. The van der Waals surface area contributed by atoms with Gasteiger partial charge in [0, 0.05) is 23.4 Å². The van der Waals surface area contributed by atoms with E-state index in [-0.39, 0.29) is 0 Å². The molecule has 3 aromatic rings. The van der Waals surface area contributed by atoms with Gasteiger partial charge in [0.2, 0.25) is 0 Å². The van der Waals surface area contributed by atoms with E-state index in [1.165, 1.54) is 18.1 Å². The lowest BCUT2D eigenvalue weighted by Crippen LogP contribution is -2.01. The molecule has 1 aliphatic rings. The summed E-state index contributed by atoms with van der Waals surface area (Å²) in [6, 6.07) is 4.01. The minimum absolute atomic E-state index is 0.365. The number of hydrogen-bond acceptors (Lipinski definition) is 6. The number of benzene rings is 1. The molecule has 0 saturated heterocycles. The molecule has 7 heteroatoms. The number of fused-ring (bicyclic) bond motifs is 2. The molecule has 2 aromatic heterocycles. The molecule has 0 amide bonds. The van der Waals surface area contributed by atoms with Crippen LogP contribution in [0.25, 0.3) is 11.2 Å². The molecular weight excluding hydrogens is 334 g/mol. The lowest BCUT2D eigenvalue weighted by atomic mass is 10.1. The fraction of sp³-hybridized carbons (Fsp3) is 0.222. The van der Waals surface area contributed by atoms with Crippen molar-refractivity contribution in [2.75, 3.05) is 12.3 Å². The summed E-state index contributed by atoms with van der Waals surface area (Å²) in [6.07, 6.45) is 8.76. The van der Waals surface area contributed by atoms with Crippen LogP contribution in [0.4, 0.5) is 5.82 Å².